The number of carbonyl (C=O) groups is 2. The van der Waals surface area contributed by atoms with Gasteiger partial charge in [0.15, 0.2) is 0 Å². The van der Waals surface area contributed by atoms with Crippen LogP contribution in [0.25, 0.3) is 6.08 Å². The highest BCUT2D eigenvalue weighted by molar-refractivity contribution is 8.18. The fraction of sp³-hybridized carbons (Fsp3) is 0.176. The Morgan fingerprint density at radius 3 is 2.72 bits per heavy atom. The van der Waals surface area contributed by atoms with Gasteiger partial charge in [0, 0.05) is 13.2 Å². The summed E-state index contributed by atoms with van der Waals surface area (Å²) in [4.78, 5) is 33.4. The zero-order valence-corrected chi connectivity index (χ0v) is 14.2. The first kappa shape index (κ1) is 17.1. The van der Waals surface area contributed by atoms with E-state index >= 15 is 0 Å². The maximum absolute atomic E-state index is 11.6. The summed E-state index contributed by atoms with van der Waals surface area (Å²) >= 11 is 0.838. The molecule has 3 rings (SSSR count). The van der Waals surface area contributed by atoms with Gasteiger partial charge >= 0.3 is 0 Å². The van der Waals surface area contributed by atoms with Crippen molar-refractivity contribution in [3.63, 3.8) is 0 Å². The number of aliphatic hydroxyl groups is 1. The molecule has 1 aliphatic heterocycles. The second-order valence-corrected chi connectivity index (χ2v) is 6.46. The van der Waals surface area contributed by atoms with E-state index in [0.29, 0.717) is 23.1 Å². The van der Waals surface area contributed by atoms with Crippen LogP contribution in [0.5, 0.6) is 0 Å². The molecule has 1 saturated heterocycles. The van der Waals surface area contributed by atoms with Crippen molar-refractivity contribution in [1.29, 1.82) is 0 Å². The molecular weight excluding hydrogens is 340 g/mol. The van der Waals surface area contributed by atoms with Gasteiger partial charge in [0.25, 0.3) is 11.1 Å². The van der Waals surface area contributed by atoms with Crippen LogP contribution >= 0.6 is 11.8 Å². The molecule has 8 heteroatoms. The maximum atomic E-state index is 11.6. The number of rotatable bonds is 5. The van der Waals surface area contributed by atoms with Crippen molar-refractivity contribution in [3.8, 4) is 0 Å². The minimum absolute atomic E-state index is 0.293. The predicted molar refractivity (Wildman–Crippen MR) is 95.8 cm³/mol. The van der Waals surface area contributed by atoms with Crippen LogP contribution in [0.2, 0.25) is 0 Å². The van der Waals surface area contributed by atoms with Crippen LogP contribution in [-0.4, -0.2) is 39.8 Å². The van der Waals surface area contributed by atoms with E-state index in [2.05, 4.69) is 15.3 Å². The van der Waals surface area contributed by atoms with E-state index in [-0.39, 0.29) is 0 Å². The standard InChI is InChI=1S/C17H16N4O3S/c1-21(10-13(22)11-5-3-2-4-6-11)16-18-8-7-12(19-16)9-14-15(23)20-17(24)25-14/h2-9,13,22H,10H2,1H3,(H,20,23,24). The Bertz CT molecular complexity index is 826. The Morgan fingerprint density at radius 2 is 2.04 bits per heavy atom. The third-order valence-corrected chi connectivity index (χ3v) is 4.37. The lowest BCUT2D eigenvalue weighted by Crippen LogP contribution is -2.26. The van der Waals surface area contributed by atoms with E-state index in [1.54, 1.807) is 24.2 Å². The van der Waals surface area contributed by atoms with Gasteiger partial charge < -0.3 is 10.0 Å². The zero-order chi connectivity index (χ0) is 17.8. The molecule has 0 saturated carbocycles. The molecule has 0 aliphatic carbocycles. The Labute approximate surface area is 148 Å². The van der Waals surface area contributed by atoms with Gasteiger partial charge in [0.1, 0.15) is 0 Å². The van der Waals surface area contributed by atoms with Crippen LogP contribution in [0.1, 0.15) is 17.4 Å². The average Bonchev–Trinajstić information content (AvgIpc) is 2.93. The number of thioether (sulfide) groups is 1. The Kier molecular flexibility index (Phi) is 5.11. The number of hydrogen-bond acceptors (Lipinski definition) is 7. The largest absolute Gasteiger partial charge is 0.387 e. The summed E-state index contributed by atoms with van der Waals surface area (Å²) in [5.74, 6) is -0.0120. The third-order valence-electron chi connectivity index (χ3n) is 3.56. The molecular formula is C17H16N4O3S. The number of carbonyl (C=O) groups excluding carboxylic acids is 2. The van der Waals surface area contributed by atoms with Crippen molar-refractivity contribution in [2.75, 3.05) is 18.5 Å². The topological polar surface area (TPSA) is 95.4 Å². The average molecular weight is 356 g/mol. The molecule has 1 aromatic heterocycles. The molecule has 1 aliphatic rings. The van der Waals surface area contributed by atoms with Crippen molar-refractivity contribution < 1.29 is 14.7 Å². The molecule has 2 N–H and O–H groups in total. The van der Waals surface area contributed by atoms with Crippen molar-refractivity contribution in [2.45, 2.75) is 6.10 Å². The van der Waals surface area contributed by atoms with Crippen molar-refractivity contribution >= 4 is 34.9 Å². The van der Waals surface area contributed by atoms with Gasteiger partial charge in [-0.3, -0.25) is 14.9 Å². The van der Waals surface area contributed by atoms with Gasteiger partial charge in [-0.15, -0.1) is 0 Å². The quantitative estimate of drug-likeness (QED) is 0.791. The SMILES string of the molecule is CN(CC(O)c1ccccc1)c1nccc(C=C2SC(=O)NC2=O)n1. The highest BCUT2D eigenvalue weighted by atomic mass is 32.2. The summed E-state index contributed by atoms with van der Waals surface area (Å²) in [5, 5.41) is 12.1. The van der Waals surface area contributed by atoms with E-state index in [1.165, 1.54) is 6.08 Å². The zero-order valence-electron chi connectivity index (χ0n) is 13.4. The Morgan fingerprint density at radius 1 is 1.28 bits per heavy atom. The van der Waals surface area contributed by atoms with Crippen molar-refractivity contribution in [1.82, 2.24) is 15.3 Å². The number of anilines is 1. The number of likely N-dealkylation sites (N-methyl/N-ethyl adjacent to an activating group) is 1. The van der Waals surface area contributed by atoms with E-state index < -0.39 is 17.3 Å². The number of benzene rings is 1. The molecule has 1 unspecified atom stereocenters. The van der Waals surface area contributed by atoms with Crippen LogP contribution in [-0.2, 0) is 4.79 Å². The molecule has 0 bridgehead atoms. The number of imide groups is 1. The molecule has 0 spiro atoms. The normalized spacial score (nSPS) is 16.8. The molecule has 1 fully saturated rings. The predicted octanol–water partition coefficient (Wildman–Crippen LogP) is 1.97. The third kappa shape index (κ3) is 4.23. The molecule has 2 amide bonds. The van der Waals surface area contributed by atoms with Crippen molar-refractivity contribution in [2.24, 2.45) is 0 Å². The molecule has 1 atom stereocenters. The Balaban J connectivity index is 1.74. The van der Waals surface area contributed by atoms with E-state index in [4.69, 9.17) is 0 Å². The molecule has 2 aromatic rings. The Hall–Kier alpha value is -2.71. The van der Waals surface area contributed by atoms with Crippen molar-refractivity contribution in [3.05, 3.63) is 58.8 Å². The second-order valence-electron chi connectivity index (χ2n) is 5.44. The number of nitrogens with one attached hydrogen (secondary N) is 1. The summed E-state index contributed by atoms with van der Waals surface area (Å²) in [6.07, 6.45) is 2.43. The molecule has 2 heterocycles. The van der Waals surface area contributed by atoms with Gasteiger partial charge in [-0.25, -0.2) is 9.97 Å². The van der Waals surface area contributed by atoms with E-state index in [1.807, 2.05) is 30.3 Å². The van der Waals surface area contributed by atoms with Crippen LogP contribution < -0.4 is 10.2 Å². The minimum Gasteiger partial charge on any atom is -0.387 e. The molecule has 128 valence electrons. The van der Waals surface area contributed by atoms with Crippen LogP contribution in [0.3, 0.4) is 0 Å². The summed E-state index contributed by atoms with van der Waals surface area (Å²) < 4.78 is 0. The van der Waals surface area contributed by atoms with E-state index in [9.17, 15) is 14.7 Å². The summed E-state index contributed by atoms with van der Waals surface area (Å²) in [6.45, 7) is 0.317. The van der Waals surface area contributed by atoms with Gasteiger partial charge in [-0.2, -0.15) is 0 Å². The second kappa shape index (κ2) is 7.45. The van der Waals surface area contributed by atoms with Crippen LogP contribution in [0.15, 0.2) is 47.5 Å². The first-order chi connectivity index (χ1) is 12.0. The number of nitrogens with zero attached hydrogens (tertiary/aromatic N) is 3. The highest BCUT2D eigenvalue weighted by Gasteiger charge is 2.25. The number of hydrogen-bond donors (Lipinski definition) is 2. The van der Waals surface area contributed by atoms with Gasteiger partial charge in [0.05, 0.1) is 23.2 Å². The first-order valence-electron chi connectivity index (χ1n) is 7.55. The fourth-order valence-corrected chi connectivity index (χ4v) is 2.97. The molecule has 1 aromatic carbocycles. The number of aromatic nitrogens is 2. The fourth-order valence-electron chi connectivity index (χ4n) is 2.30. The monoisotopic (exact) mass is 356 g/mol. The lowest BCUT2D eigenvalue weighted by atomic mass is 10.1. The lowest BCUT2D eigenvalue weighted by Gasteiger charge is -2.21. The minimum atomic E-state index is -0.675. The summed E-state index contributed by atoms with van der Waals surface area (Å²) in [7, 11) is 1.78. The molecule has 0 radical (unpaired) electrons. The number of amides is 2. The number of aliphatic hydroxyl groups excluding tert-OH is 1. The van der Waals surface area contributed by atoms with Gasteiger partial charge in [-0.05, 0) is 29.5 Å². The van der Waals surface area contributed by atoms with Gasteiger partial charge in [-0.1, -0.05) is 30.3 Å². The lowest BCUT2D eigenvalue weighted by molar-refractivity contribution is -0.115. The maximum Gasteiger partial charge on any atom is 0.290 e. The molecule has 25 heavy (non-hydrogen) atoms. The smallest absolute Gasteiger partial charge is 0.290 e. The summed E-state index contributed by atoms with van der Waals surface area (Å²) in [6, 6.07) is 11.0. The summed E-state index contributed by atoms with van der Waals surface area (Å²) in [5.41, 5.74) is 1.32. The van der Waals surface area contributed by atoms with Gasteiger partial charge in [0.2, 0.25) is 5.95 Å². The van der Waals surface area contributed by atoms with Crippen LogP contribution in [0, 0.1) is 0 Å². The van der Waals surface area contributed by atoms with E-state index in [0.717, 1.165) is 17.3 Å². The van der Waals surface area contributed by atoms with Crippen LogP contribution in [0.4, 0.5) is 10.7 Å². The first-order valence-corrected chi connectivity index (χ1v) is 8.36. The highest BCUT2D eigenvalue weighted by Crippen LogP contribution is 2.25. The molecule has 7 nitrogen and oxygen atoms in total.